The Morgan fingerprint density at radius 3 is 2.58 bits per heavy atom. The number of hydrogen-bond acceptors (Lipinski definition) is 4. The van der Waals surface area contributed by atoms with E-state index in [4.69, 9.17) is 10.00 Å². The van der Waals surface area contributed by atoms with Gasteiger partial charge in [0.1, 0.15) is 11.9 Å². The van der Waals surface area contributed by atoms with Crippen molar-refractivity contribution in [1.82, 2.24) is 4.98 Å². The molecular weight excluding hydrogens is 324 g/mol. The molecule has 0 N–H and O–H groups in total. The minimum Gasteiger partial charge on any atom is -0.483 e. The van der Waals surface area contributed by atoms with Crippen molar-refractivity contribution in [3.8, 4) is 11.8 Å². The molecule has 0 aliphatic heterocycles. The summed E-state index contributed by atoms with van der Waals surface area (Å²) in [5.41, 5.74) is 2.33. The molecule has 1 atom stereocenters. The molecule has 0 saturated heterocycles. The van der Waals surface area contributed by atoms with Crippen LogP contribution in [0.25, 0.3) is 0 Å². The number of carbonyl (C=O) groups excluding carboxylic acids is 1. The first-order valence-corrected chi connectivity index (χ1v) is 8.44. The molecule has 26 heavy (non-hydrogen) atoms. The van der Waals surface area contributed by atoms with E-state index in [1.165, 1.54) is 0 Å². The van der Waals surface area contributed by atoms with E-state index in [0.717, 1.165) is 0 Å². The standard InChI is InChI=1S/C22H18N2O2/c1-2-20(19-14-16(15-23)12-13-24-19)26-21-11-7-6-10-18(21)22(25)17-8-4-3-5-9-17/h3-14,20H,2H2,1H3. The molecule has 0 radical (unpaired) electrons. The lowest BCUT2D eigenvalue weighted by molar-refractivity contribution is 0.103. The molecule has 0 aliphatic carbocycles. The minimum absolute atomic E-state index is 0.0882. The van der Waals surface area contributed by atoms with Gasteiger partial charge in [-0.3, -0.25) is 9.78 Å². The number of ether oxygens (including phenoxy) is 1. The number of carbonyl (C=O) groups is 1. The van der Waals surface area contributed by atoms with Crippen molar-refractivity contribution in [3.63, 3.8) is 0 Å². The summed E-state index contributed by atoms with van der Waals surface area (Å²) in [7, 11) is 0. The lowest BCUT2D eigenvalue weighted by atomic mass is 10.0. The number of nitriles is 1. The Morgan fingerprint density at radius 2 is 1.85 bits per heavy atom. The molecule has 1 heterocycles. The fourth-order valence-corrected chi connectivity index (χ4v) is 2.70. The van der Waals surface area contributed by atoms with Gasteiger partial charge in [0, 0.05) is 11.8 Å². The van der Waals surface area contributed by atoms with Crippen LogP contribution in [0.5, 0.6) is 5.75 Å². The lowest BCUT2D eigenvalue weighted by Gasteiger charge is -2.19. The summed E-state index contributed by atoms with van der Waals surface area (Å²) in [5.74, 6) is 0.423. The molecule has 0 bridgehead atoms. The number of ketones is 1. The number of aromatic nitrogens is 1. The molecule has 0 saturated carbocycles. The van der Waals surface area contributed by atoms with Gasteiger partial charge in [-0.2, -0.15) is 5.26 Å². The van der Waals surface area contributed by atoms with Crippen molar-refractivity contribution in [1.29, 1.82) is 5.26 Å². The van der Waals surface area contributed by atoms with Crippen LogP contribution >= 0.6 is 0 Å². The van der Waals surface area contributed by atoms with Gasteiger partial charge >= 0.3 is 0 Å². The summed E-state index contributed by atoms with van der Waals surface area (Å²) in [6.45, 7) is 1.98. The van der Waals surface area contributed by atoms with Crippen LogP contribution in [0, 0.1) is 11.3 Å². The first kappa shape index (κ1) is 17.4. The van der Waals surface area contributed by atoms with Crippen LogP contribution in [-0.4, -0.2) is 10.8 Å². The normalized spacial score (nSPS) is 11.4. The van der Waals surface area contributed by atoms with Crippen LogP contribution in [0.2, 0.25) is 0 Å². The highest BCUT2D eigenvalue weighted by molar-refractivity contribution is 6.10. The Labute approximate surface area is 152 Å². The third-order valence-electron chi connectivity index (χ3n) is 4.05. The average Bonchev–Trinajstić information content (AvgIpc) is 2.72. The molecule has 3 aromatic rings. The molecule has 0 aliphatic rings. The molecule has 3 rings (SSSR count). The molecule has 128 valence electrons. The van der Waals surface area contributed by atoms with Crippen molar-refractivity contribution in [2.75, 3.05) is 0 Å². The van der Waals surface area contributed by atoms with Crippen LogP contribution in [0.15, 0.2) is 72.9 Å². The summed E-state index contributed by atoms with van der Waals surface area (Å²) < 4.78 is 6.13. The van der Waals surface area contributed by atoms with Crippen LogP contribution in [0.3, 0.4) is 0 Å². The third kappa shape index (κ3) is 3.79. The summed E-state index contributed by atoms with van der Waals surface area (Å²) in [6, 6.07) is 21.8. The highest BCUT2D eigenvalue weighted by Gasteiger charge is 2.19. The predicted octanol–water partition coefficient (Wildman–Crippen LogP) is 4.71. The Kier molecular flexibility index (Phi) is 5.40. The van der Waals surface area contributed by atoms with E-state index < -0.39 is 0 Å². The second-order valence-corrected chi connectivity index (χ2v) is 5.79. The number of para-hydroxylation sites is 1. The van der Waals surface area contributed by atoms with Gasteiger partial charge in [0.25, 0.3) is 0 Å². The largest absolute Gasteiger partial charge is 0.483 e. The van der Waals surface area contributed by atoms with E-state index in [-0.39, 0.29) is 11.9 Å². The van der Waals surface area contributed by atoms with E-state index in [1.54, 1.807) is 42.6 Å². The van der Waals surface area contributed by atoms with Gasteiger partial charge in [-0.05, 0) is 30.7 Å². The van der Waals surface area contributed by atoms with Crippen LogP contribution < -0.4 is 4.74 Å². The maximum atomic E-state index is 12.8. The fourth-order valence-electron chi connectivity index (χ4n) is 2.70. The van der Waals surface area contributed by atoms with Gasteiger partial charge in [-0.15, -0.1) is 0 Å². The van der Waals surface area contributed by atoms with Crippen LogP contribution in [-0.2, 0) is 0 Å². The molecule has 1 aromatic heterocycles. The monoisotopic (exact) mass is 342 g/mol. The molecule has 0 amide bonds. The molecule has 2 aromatic carbocycles. The second kappa shape index (κ2) is 8.09. The van der Waals surface area contributed by atoms with Gasteiger partial charge in [-0.1, -0.05) is 49.4 Å². The Hall–Kier alpha value is -3.45. The molecule has 4 heteroatoms. The van der Waals surface area contributed by atoms with Crippen molar-refractivity contribution in [3.05, 3.63) is 95.3 Å². The highest BCUT2D eigenvalue weighted by Crippen LogP contribution is 2.28. The number of hydrogen-bond donors (Lipinski definition) is 0. The van der Waals surface area contributed by atoms with Gasteiger partial charge < -0.3 is 4.74 Å². The SMILES string of the molecule is CCC(Oc1ccccc1C(=O)c1ccccc1)c1cc(C#N)ccn1. The van der Waals surface area contributed by atoms with Crippen molar-refractivity contribution in [2.24, 2.45) is 0 Å². The van der Waals surface area contributed by atoms with Gasteiger partial charge in [0.2, 0.25) is 0 Å². The predicted molar refractivity (Wildman–Crippen MR) is 98.9 cm³/mol. The molecular formula is C22H18N2O2. The first-order valence-electron chi connectivity index (χ1n) is 8.44. The molecule has 1 unspecified atom stereocenters. The summed E-state index contributed by atoms with van der Waals surface area (Å²) in [6.07, 6.45) is 1.92. The topological polar surface area (TPSA) is 63.0 Å². The van der Waals surface area contributed by atoms with E-state index in [2.05, 4.69) is 11.1 Å². The summed E-state index contributed by atoms with van der Waals surface area (Å²) in [4.78, 5) is 17.2. The van der Waals surface area contributed by atoms with E-state index in [0.29, 0.717) is 34.6 Å². The zero-order valence-electron chi connectivity index (χ0n) is 14.4. The molecule has 0 spiro atoms. The molecule has 0 fully saturated rings. The van der Waals surface area contributed by atoms with Gasteiger partial charge in [-0.25, -0.2) is 0 Å². The Morgan fingerprint density at radius 1 is 1.12 bits per heavy atom. The number of pyridine rings is 1. The maximum absolute atomic E-state index is 12.8. The second-order valence-electron chi connectivity index (χ2n) is 5.79. The van der Waals surface area contributed by atoms with Crippen LogP contribution in [0.4, 0.5) is 0 Å². The number of nitrogens with zero attached hydrogens (tertiary/aromatic N) is 2. The smallest absolute Gasteiger partial charge is 0.196 e. The fraction of sp³-hybridized carbons (Fsp3) is 0.136. The molecule has 4 nitrogen and oxygen atoms in total. The highest BCUT2D eigenvalue weighted by atomic mass is 16.5. The Balaban J connectivity index is 1.92. The van der Waals surface area contributed by atoms with Crippen molar-refractivity contribution >= 4 is 5.78 Å². The number of rotatable bonds is 6. The zero-order valence-corrected chi connectivity index (χ0v) is 14.4. The Bertz CT molecular complexity index is 946. The lowest BCUT2D eigenvalue weighted by Crippen LogP contribution is -2.12. The van der Waals surface area contributed by atoms with Crippen molar-refractivity contribution in [2.45, 2.75) is 19.4 Å². The summed E-state index contributed by atoms with van der Waals surface area (Å²) in [5, 5.41) is 9.09. The third-order valence-corrected chi connectivity index (χ3v) is 4.05. The minimum atomic E-state index is -0.340. The first-order chi connectivity index (χ1) is 12.7. The average molecular weight is 342 g/mol. The van der Waals surface area contributed by atoms with E-state index >= 15 is 0 Å². The van der Waals surface area contributed by atoms with Crippen LogP contribution in [0.1, 0.15) is 46.6 Å². The number of benzene rings is 2. The maximum Gasteiger partial charge on any atom is 0.196 e. The van der Waals surface area contributed by atoms with E-state index in [9.17, 15) is 4.79 Å². The zero-order chi connectivity index (χ0) is 18.4. The van der Waals surface area contributed by atoms with Gasteiger partial charge in [0.15, 0.2) is 5.78 Å². The quantitative estimate of drug-likeness (QED) is 0.608. The summed E-state index contributed by atoms with van der Waals surface area (Å²) >= 11 is 0. The van der Waals surface area contributed by atoms with Crippen molar-refractivity contribution < 1.29 is 9.53 Å². The van der Waals surface area contributed by atoms with E-state index in [1.807, 2.05) is 37.3 Å². The van der Waals surface area contributed by atoms with Gasteiger partial charge in [0.05, 0.1) is 22.9 Å².